The first-order valence-electron chi connectivity index (χ1n) is 5.92. The second-order valence-corrected chi connectivity index (χ2v) is 5.70. The molecule has 1 unspecified atom stereocenters. The van der Waals surface area contributed by atoms with E-state index in [9.17, 15) is 4.79 Å². The highest BCUT2D eigenvalue weighted by atomic mass is 79.9. The molecule has 2 rings (SSSR count). The Kier molecular flexibility index (Phi) is 3.72. The van der Waals surface area contributed by atoms with Crippen LogP contribution in [-0.4, -0.2) is 11.9 Å². The molecule has 0 heterocycles. The molecule has 1 saturated carbocycles. The van der Waals surface area contributed by atoms with Gasteiger partial charge in [0, 0.05) is 16.2 Å². The fraction of sp³-hybridized carbons (Fsp3) is 0.462. The molecule has 0 spiro atoms. The summed E-state index contributed by atoms with van der Waals surface area (Å²) < 4.78 is 0.887. The van der Waals surface area contributed by atoms with Crippen LogP contribution < -0.4 is 11.1 Å². The lowest BCUT2D eigenvalue weighted by Crippen LogP contribution is -2.33. The van der Waals surface area contributed by atoms with E-state index in [1.54, 1.807) is 12.1 Å². The van der Waals surface area contributed by atoms with Crippen molar-refractivity contribution in [2.24, 2.45) is 5.92 Å². The summed E-state index contributed by atoms with van der Waals surface area (Å²) in [5.41, 5.74) is 6.88. The molecule has 1 aliphatic rings. The van der Waals surface area contributed by atoms with Crippen molar-refractivity contribution >= 4 is 27.5 Å². The highest BCUT2D eigenvalue weighted by Gasteiger charge is 2.24. The van der Waals surface area contributed by atoms with Crippen molar-refractivity contribution in [3.63, 3.8) is 0 Å². The first-order valence-corrected chi connectivity index (χ1v) is 6.71. The van der Waals surface area contributed by atoms with Crippen molar-refractivity contribution in [2.75, 3.05) is 5.73 Å². The minimum Gasteiger partial charge on any atom is -0.398 e. The van der Waals surface area contributed by atoms with Gasteiger partial charge in [-0.25, -0.2) is 0 Å². The molecule has 3 nitrogen and oxygen atoms in total. The molecule has 3 N–H and O–H groups in total. The van der Waals surface area contributed by atoms with E-state index in [0.717, 1.165) is 16.8 Å². The molecule has 1 aromatic carbocycles. The van der Waals surface area contributed by atoms with Crippen molar-refractivity contribution in [3.8, 4) is 0 Å². The highest BCUT2D eigenvalue weighted by Crippen LogP contribution is 2.33. The van der Waals surface area contributed by atoms with Gasteiger partial charge in [0.05, 0.1) is 5.56 Å². The number of carbonyl (C=O) groups is 1. The van der Waals surface area contributed by atoms with Gasteiger partial charge in [0.15, 0.2) is 0 Å². The van der Waals surface area contributed by atoms with E-state index in [4.69, 9.17) is 5.73 Å². The molecule has 0 bridgehead atoms. The smallest absolute Gasteiger partial charge is 0.253 e. The van der Waals surface area contributed by atoms with Gasteiger partial charge in [-0.05, 0) is 37.5 Å². The number of anilines is 1. The summed E-state index contributed by atoms with van der Waals surface area (Å²) >= 11 is 3.33. The van der Waals surface area contributed by atoms with Gasteiger partial charge in [0.1, 0.15) is 0 Å². The number of rotatable bonds is 4. The molecule has 17 heavy (non-hydrogen) atoms. The van der Waals surface area contributed by atoms with Crippen molar-refractivity contribution in [1.29, 1.82) is 0 Å². The zero-order valence-electron chi connectivity index (χ0n) is 9.87. The number of hydrogen-bond donors (Lipinski definition) is 2. The number of nitrogens with one attached hydrogen (secondary N) is 1. The van der Waals surface area contributed by atoms with Crippen LogP contribution in [0.3, 0.4) is 0 Å². The normalized spacial score (nSPS) is 16.6. The monoisotopic (exact) mass is 296 g/mol. The predicted octanol–water partition coefficient (Wildman–Crippen LogP) is 2.95. The van der Waals surface area contributed by atoms with Gasteiger partial charge in [-0.3, -0.25) is 4.79 Å². The van der Waals surface area contributed by atoms with Gasteiger partial charge in [-0.15, -0.1) is 0 Å². The summed E-state index contributed by atoms with van der Waals surface area (Å²) in [6.07, 6.45) is 3.68. The SMILES string of the molecule is CC(CC1CC1)NC(=O)c1ccc(Br)cc1N. The quantitative estimate of drug-likeness (QED) is 0.840. The lowest BCUT2D eigenvalue weighted by molar-refractivity contribution is 0.0938. The van der Waals surface area contributed by atoms with E-state index >= 15 is 0 Å². The highest BCUT2D eigenvalue weighted by molar-refractivity contribution is 9.10. The number of hydrogen-bond acceptors (Lipinski definition) is 2. The molecule has 0 aliphatic heterocycles. The number of amides is 1. The second kappa shape index (κ2) is 5.08. The third kappa shape index (κ3) is 3.46. The Hall–Kier alpha value is -1.03. The third-order valence-corrected chi connectivity index (χ3v) is 3.51. The summed E-state index contributed by atoms with van der Waals surface area (Å²) in [6.45, 7) is 2.05. The Morgan fingerprint density at radius 3 is 2.88 bits per heavy atom. The molecular weight excluding hydrogens is 280 g/mol. The zero-order valence-corrected chi connectivity index (χ0v) is 11.5. The van der Waals surface area contributed by atoms with Gasteiger partial charge in [0.25, 0.3) is 5.91 Å². The Bertz CT molecular complexity index is 429. The van der Waals surface area contributed by atoms with Gasteiger partial charge in [-0.2, -0.15) is 0 Å². The van der Waals surface area contributed by atoms with E-state index in [1.165, 1.54) is 12.8 Å². The van der Waals surface area contributed by atoms with Crippen LogP contribution >= 0.6 is 15.9 Å². The fourth-order valence-electron chi connectivity index (χ4n) is 1.95. The van der Waals surface area contributed by atoms with Crippen LogP contribution in [0.4, 0.5) is 5.69 Å². The van der Waals surface area contributed by atoms with Crippen molar-refractivity contribution in [3.05, 3.63) is 28.2 Å². The maximum Gasteiger partial charge on any atom is 0.253 e. The van der Waals surface area contributed by atoms with Crippen molar-refractivity contribution in [2.45, 2.75) is 32.2 Å². The van der Waals surface area contributed by atoms with Gasteiger partial charge >= 0.3 is 0 Å². The van der Waals surface area contributed by atoms with E-state index in [-0.39, 0.29) is 11.9 Å². The third-order valence-electron chi connectivity index (χ3n) is 3.02. The van der Waals surface area contributed by atoms with E-state index in [0.29, 0.717) is 11.3 Å². The number of halogens is 1. The number of carbonyl (C=O) groups excluding carboxylic acids is 1. The lowest BCUT2D eigenvalue weighted by Gasteiger charge is -2.14. The van der Waals surface area contributed by atoms with Crippen molar-refractivity contribution in [1.82, 2.24) is 5.32 Å². The topological polar surface area (TPSA) is 55.1 Å². The standard InChI is InChI=1S/C13H17BrN2O/c1-8(6-9-2-3-9)16-13(17)11-5-4-10(14)7-12(11)15/h4-5,7-9H,2-3,6,15H2,1H3,(H,16,17). The lowest BCUT2D eigenvalue weighted by atomic mass is 10.1. The molecule has 1 fully saturated rings. The van der Waals surface area contributed by atoms with Gasteiger partial charge in [0.2, 0.25) is 0 Å². The summed E-state index contributed by atoms with van der Waals surface area (Å²) in [4.78, 5) is 12.0. The average molecular weight is 297 g/mol. The summed E-state index contributed by atoms with van der Waals surface area (Å²) in [5, 5.41) is 2.99. The van der Waals surface area contributed by atoms with Crippen LogP contribution in [-0.2, 0) is 0 Å². The zero-order chi connectivity index (χ0) is 12.4. The molecule has 1 amide bonds. The summed E-state index contributed by atoms with van der Waals surface area (Å²) in [7, 11) is 0. The summed E-state index contributed by atoms with van der Waals surface area (Å²) in [5.74, 6) is 0.732. The predicted molar refractivity (Wildman–Crippen MR) is 72.8 cm³/mol. The van der Waals surface area contributed by atoms with Gasteiger partial charge in [-0.1, -0.05) is 28.8 Å². The fourth-order valence-corrected chi connectivity index (χ4v) is 2.33. The molecule has 1 aromatic rings. The van der Waals surface area contributed by atoms with Crippen LogP contribution in [0.25, 0.3) is 0 Å². The molecule has 0 radical (unpaired) electrons. The van der Waals surface area contributed by atoms with E-state index < -0.39 is 0 Å². The van der Waals surface area contributed by atoms with Crippen LogP contribution in [0.1, 0.15) is 36.5 Å². The molecule has 0 saturated heterocycles. The Morgan fingerprint density at radius 1 is 1.59 bits per heavy atom. The first kappa shape index (κ1) is 12.4. The maximum atomic E-state index is 12.0. The minimum absolute atomic E-state index is 0.0804. The molecule has 92 valence electrons. The van der Waals surface area contributed by atoms with Gasteiger partial charge < -0.3 is 11.1 Å². The van der Waals surface area contributed by atoms with Crippen molar-refractivity contribution < 1.29 is 4.79 Å². The van der Waals surface area contributed by atoms with E-state index in [2.05, 4.69) is 21.2 Å². The minimum atomic E-state index is -0.0804. The number of benzene rings is 1. The van der Waals surface area contributed by atoms with Crippen LogP contribution in [0.5, 0.6) is 0 Å². The van der Waals surface area contributed by atoms with Crippen LogP contribution in [0.15, 0.2) is 22.7 Å². The number of nitrogen functional groups attached to an aromatic ring is 1. The van der Waals surface area contributed by atoms with Crippen LogP contribution in [0, 0.1) is 5.92 Å². The molecule has 1 aliphatic carbocycles. The molecule has 0 aromatic heterocycles. The Morgan fingerprint density at radius 2 is 2.29 bits per heavy atom. The first-order chi connectivity index (χ1) is 8.06. The average Bonchev–Trinajstić information content (AvgIpc) is 3.00. The second-order valence-electron chi connectivity index (χ2n) is 4.79. The largest absolute Gasteiger partial charge is 0.398 e. The Labute approximate surface area is 110 Å². The summed E-state index contributed by atoms with van der Waals surface area (Å²) in [6, 6.07) is 5.55. The Balaban J connectivity index is 1.98. The molecule has 4 heteroatoms. The molecule has 1 atom stereocenters. The molecular formula is C13H17BrN2O. The van der Waals surface area contributed by atoms with Crippen LogP contribution in [0.2, 0.25) is 0 Å². The van der Waals surface area contributed by atoms with E-state index in [1.807, 2.05) is 13.0 Å². The maximum absolute atomic E-state index is 12.0. The number of nitrogens with two attached hydrogens (primary N) is 1.